The van der Waals surface area contributed by atoms with Crippen molar-refractivity contribution in [1.29, 1.82) is 5.41 Å². The molecule has 0 bridgehead atoms. The highest BCUT2D eigenvalue weighted by Gasteiger charge is 2.09. The van der Waals surface area contributed by atoms with Gasteiger partial charge in [0, 0.05) is 26.2 Å². The van der Waals surface area contributed by atoms with E-state index in [1.807, 2.05) is 4.90 Å². The van der Waals surface area contributed by atoms with Crippen molar-refractivity contribution >= 4 is 16.9 Å². The van der Waals surface area contributed by atoms with E-state index in [0.29, 0.717) is 0 Å². The Morgan fingerprint density at radius 1 is 1.44 bits per heavy atom. The van der Waals surface area contributed by atoms with E-state index in [4.69, 9.17) is 17.0 Å². The second-order valence-corrected chi connectivity index (χ2v) is 2.39. The molecule has 1 fully saturated rings. The third-order valence-electron chi connectivity index (χ3n) is 1.39. The molecule has 0 spiro atoms. The molecular formula is C5H10ClN3. The summed E-state index contributed by atoms with van der Waals surface area (Å²) in [4.78, 5) is 1.85. The Morgan fingerprint density at radius 2 is 2.00 bits per heavy atom. The minimum Gasteiger partial charge on any atom is -0.345 e. The van der Waals surface area contributed by atoms with Crippen molar-refractivity contribution in [2.75, 3.05) is 26.2 Å². The van der Waals surface area contributed by atoms with Crippen molar-refractivity contribution < 1.29 is 0 Å². The largest absolute Gasteiger partial charge is 0.345 e. The van der Waals surface area contributed by atoms with Gasteiger partial charge in [-0.25, -0.2) is 0 Å². The number of rotatable bonds is 0. The maximum Gasteiger partial charge on any atom is 0.191 e. The van der Waals surface area contributed by atoms with Gasteiger partial charge in [0.05, 0.1) is 0 Å². The highest BCUT2D eigenvalue weighted by Crippen LogP contribution is 1.95. The molecule has 2 N–H and O–H groups in total. The van der Waals surface area contributed by atoms with E-state index in [1.54, 1.807) is 0 Å². The number of hydrogen-bond acceptors (Lipinski definition) is 2. The third-order valence-corrected chi connectivity index (χ3v) is 1.63. The van der Waals surface area contributed by atoms with Crippen molar-refractivity contribution in [3.05, 3.63) is 0 Å². The smallest absolute Gasteiger partial charge is 0.191 e. The van der Waals surface area contributed by atoms with E-state index >= 15 is 0 Å². The summed E-state index contributed by atoms with van der Waals surface area (Å²) in [5, 5.41) is 10.4. The zero-order chi connectivity index (χ0) is 6.69. The van der Waals surface area contributed by atoms with Crippen LogP contribution in [0.25, 0.3) is 0 Å². The maximum absolute atomic E-state index is 7.05. The molecule has 3 nitrogen and oxygen atoms in total. The average Bonchev–Trinajstić information content (AvgIpc) is 1.90. The van der Waals surface area contributed by atoms with Gasteiger partial charge < -0.3 is 10.2 Å². The summed E-state index contributed by atoms with van der Waals surface area (Å²) in [6.07, 6.45) is 0. The first-order valence-electron chi connectivity index (χ1n) is 3.00. The second-order valence-electron chi connectivity index (χ2n) is 2.03. The minimum absolute atomic E-state index is 0.163. The summed E-state index contributed by atoms with van der Waals surface area (Å²) >= 11 is 5.44. The van der Waals surface area contributed by atoms with Gasteiger partial charge in [-0.2, -0.15) is 0 Å². The van der Waals surface area contributed by atoms with Crippen LogP contribution in [-0.4, -0.2) is 36.4 Å². The molecule has 4 heteroatoms. The predicted octanol–water partition coefficient (Wildman–Crippen LogP) is 0.0652. The molecule has 0 aromatic heterocycles. The summed E-state index contributed by atoms with van der Waals surface area (Å²) in [5.74, 6) is 0. The summed E-state index contributed by atoms with van der Waals surface area (Å²) in [7, 11) is 0. The highest BCUT2D eigenvalue weighted by molar-refractivity contribution is 6.63. The fraction of sp³-hybridized carbons (Fsp3) is 0.800. The molecule has 0 radical (unpaired) electrons. The van der Waals surface area contributed by atoms with Gasteiger partial charge in [-0.15, -0.1) is 0 Å². The van der Waals surface area contributed by atoms with Crippen molar-refractivity contribution in [2.45, 2.75) is 0 Å². The molecule has 0 saturated carbocycles. The quantitative estimate of drug-likeness (QED) is 0.289. The number of nitrogens with zero attached hydrogens (tertiary/aromatic N) is 1. The van der Waals surface area contributed by atoms with Gasteiger partial charge >= 0.3 is 0 Å². The average molecular weight is 148 g/mol. The molecule has 0 aliphatic carbocycles. The third kappa shape index (κ3) is 1.84. The fourth-order valence-corrected chi connectivity index (χ4v) is 1.03. The molecule has 0 atom stereocenters. The lowest BCUT2D eigenvalue weighted by atomic mass is 10.4. The Kier molecular flexibility index (Phi) is 2.30. The van der Waals surface area contributed by atoms with E-state index in [2.05, 4.69) is 5.32 Å². The summed E-state index contributed by atoms with van der Waals surface area (Å²) in [6.45, 7) is 3.61. The molecule has 9 heavy (non-hydrogen) atoms. The Labute approximate surface area is 59.5 Å². The molecular weight excluding hydrogens is 138 g/mol. The SMILES string of the molecule is N=C(Cl)N1CCNCC1. The zero-order valence-electron chi connectivity index (χ0n) is 5.15. The van der Waals surface area contributed by atoms with Crippen molar-refractivity contribution in [1.82, 2.24) is 10.2 Å². The predicted molar refractivity (Wildman–Crippen MR) is 38.0 cm³/mol. The van der Waals surface area contributed by atoms with Gasteiger partial charge in [-0.1, -0.05) is 0 Å². The van der Waals surface area contributed by atoms with Crippen LogP contribution in [0.5, 0.6) is 0 Å². The second kappa shape index (κ2) is 3.03. The topological polar surface area (TPSA) is 39.1 Å². The van der Waals surface area contributed by atoms with Gasteiger partial charge in [-0.3, -0.25) is 5.41 Å². The number of halogens is 1. The van der Waals surface area contributed by atoms with Crippen LogP contribution in [-0.2, 0) is 0 Å². The van der Waals surface area contributed by atoms with Crippen LogP contribution < -0.4 is 5.32 Å². The minimum atomic E-state index is 0.163. The summed E-state index contributed by atoms with van der Waals surface area (Å²) in [6, 6.07) is 0. The number of nitrogens with one attached hydrogen (secondary N) is 2. The molecule has 1 saturated heterocycles. The Morgan fingerprint density at radius 3 is 2.33 bits per heavy atom. The van der Waals surface area contributed by atoms with Crippen LogP contribution in [0.3, 0.4) is 0 Å². The summed E-state index contributed by atoms with van der Waals surface area (Å²) in [5.41, 5.74) is 0. The lowest BCUT2D eigenvalue weighted by Gasteiger charge is -2.26. The van der Waals surface area contributed by atoms with Crippen LogP contribution in [0.1, 0.15) is 0 Å². The number of amidine groups is 1. The molecule has 0 unspecified atom stereocenters. The lowest BCUT2D eigenvalue weighted by Crippen LogP contribution is -2.44. The van der Waals surface area contributed by atoms with Crippen molar-refractivity contribution in [2.24, 2.45) is 0 Å². The van der Waals surface area contributed by atoms with Gasteiger partial charge in [0.2, 0.25) is 0 Å². The molecule has 1 rings (SSSR count). The molecule has 1 aliphatic rings. The van der Waals surface area contributed by atoms with E-state index in [9.17, 15) is 0 Å². The number of hydrogen-bond donors (Lipinski definition) is 2. The first kappa shape index (κ1) is 6.83. The number of piperazine rings is 1. The van der Waals surface area contributed by atoms with Gasteiger partial charge in [-0.05, 0) is 11.6 Å². The Hall–Kier alpha value is -0.280. The molecule has 1 heterocycles. The Bertz CT molecular complexity index is 109. The summed E-state index contributed by atoms with van der Waals surface area (Å²) < 4.78 is 0. The standard InChI is InChI=1S/C5H10ClN3/c6-5(7)9-3-1-8-2-4-9/h7-8H,1-4H2. The van der Waals surface area contributed by atoms with Crippen molar-refractivity contribution in [3.8, 4) is 0 Å². The van der Waals surface area contributed by atoms with Gasteiger partial charge in [0.1, 0.15) is 0 Å². The maximum atomic E-state index is 7.05. The molecule has 0 aromatic rings. The van der Waals surface area contributed by atoms with Crippen molar-refractivity contribution in [3.63, 3.8) is 0 Å². The van der Waals surface area contributed by atoms with Crippen LogP contribution in [0.4, 0.5) is 0 Å². The van der Waals surface area contributed by atoms with E-state index < -0.39 is 0 Å². The highest BCUT2D eigenvalue weighted by atomic mass is 35.5. The van der Waals surface area contributed by atoms with Crippen LogP contribution >= 0.6 is 11.6 Å². The van der Waals surface area contributed by atoms with Crippen LogP contribution in [0.15, 0.2) is 0 Å². The van der Waals surface area contributed by atoms with E-state index in [0.717, 1.165) is 26.2 Å². The fourth-order valence-electron chi connectivity index (χ4n) is 0.861. The first-order chi connectivity index (χ1) is 4.30. The van der Waals surface area contributed by atoms with E-state index in [1.165, 1.54) is 0 Å². The monoisotopic (exact) mass is 147 g/mol. The van der Waals surface area contributed by atoms with Crippen LogP contribution in [0.2, 0.25) is 0 Å². The van der Waals surface area contributed by atoms with E-state index in [-0.39, 0.29) is 5.29 Å². The normalized spacial score (nSPS) is 19.9. The van der Waals surface area contributed by atoms with Gasteiger partial charge in [0.15, 0.2) is 5.29 Å². The molecule has 52 valence electrons. The molecule has 0 aromatic carbocycles. The molecule has 1 aliphatic heterocycles. The molecule has 0 amide bonds. The Balaban J connectivity index is 2.31. The van der Waals surface area contributed by atoms with Crippen LogP contribution in [0, 0.1) is 5.41 Å². The zero-order valence-corrected chi connectivity index (χ0v) is 5.91. The first-order valence-corrected chi connectivity index (χ1v) is 3.38. The van der Waals surface area contributed by atoms with Gasteiger partial charge in [0.25, 0.3) is 0 Å². The lowest BCUT2D eigenvalue weighted by molar-refractivity contribution is 0.361.